The van der Waals surface area contributed by atoms with Crippen LogP contribution in [0.1, 0.15) is 17.3 Å². The van der Waals surface area contributed by atoms with Crippen LogP contribution in [0.4, 0.5) is 0 Å². The lowest BCUT2D eigenvalue weighted by atomic mass is 10.1. The predicted molar refractivity (Wildman–Crippen MR) is 66.0 cm³/mol. The van der Waals surface area contributed by atoms with Crippen LogP contribution in [0.15, 0.2) is 22.7 Å². The summed E-state index contributed by atoms with van der Waals surface area (Å²) in [5, 5.41) is 3.76. The Morgan fingerprint density at radius 1 is 1.06 bits per heavy atom. The van der Waals surface area contributed by atoms with Crippen molar-refractivity contribution in [3.05, 3.63) is 35.5 Å². The van der Waals surface area contributed by atoms with Gasteiger partial charge in [0.25, 0.3) is 0 Å². The largest absolute Gasteiger partial charge is 0.497 e. The van der Waals surface area contributed by atoms with Gasteiger partial charge in [0, 0.05) is 12.5 Å². The highest BCUT2D eigenvalue weighted by Crippen LogP contribution is 2.23. The van der Waals surface area contributed by atoms with Crippen molar-refractivity contribution in [3.63, 3.8) is 0 Å². The lowest BCUT2D eigenvalue weighted by molar-refractivity contribution is 0.374. The van der Waals surface area contributed by atoms with Gasteiger partial charge in [-0.2, -0.15) is 4.98 Å². The number of rotatable bonds is 5. The molecular weight excluding hydrogens is 232 g/mol. The van der Waals surface area contributed by atoms with Crippen LogP contribution in [0, 0.1) is 6.92 Å². The van der Waals surface area contributed by atoms with E-state index in [2.05, 4.69) is 10.1 Å². The van der Waals surface area contributed by atoms with E-state index >= 15 is 0 Å². The molecule has 0 saturated carbocycles. The third-order valence-corrected chi connectivity index (χ3v) is 2.61. The van der Waals surface area contributed by atoms with Gasteiger partial charge >= 0.3 is 0 Å². The molecule has 5 heteroatoms. The highest BCUT2D eigenvalue weighted by atomic mass is 16.5. The Hall–Kier alpha value is -2.04. The lowest BCUT2D eigenvalue weighted by Crippen LogP contribution is -1.95. The van der Waals surface area contributed by atoms with Gasteiger partial charge in [-0.3, -0.25) is 0 Å². The van der Waals surface area contributed by atoms with Crippen LogP contribution in [0.25, 0.3) is 0 Å². The van der Waals surface area contributed by atoms with Crippen molar-refractivity contribution >= 4 is 0 Å². The number of nitrogens with zero attached hydrogens (tertiary/aromatic N) is 2. The molecule has 0 aliphatic heterocycles. The lowest BCUT2D eigenvalue weighted by Gasteiger charge is -2.07. The van der Waals surface area contributed by atoms with Crippen LogP contribution in [0.3, 0.4) is 0 Å². The average Bonchev–Trinajstić information content (AvgIpc) is 2.81. The summed E-state index contributed by atoms with van der Waals surface area (Å²) in [6.45, 7) is 1.81. The first-order chi connectivity index (χ1) is 8.71. The topological polar surface area (TPSA) is 57.4 Å². The van der Waals surface area contributed by atoms with Crippen molar-refractivity contribution in [1.82, 2.24) is 10.1 Å². The summed E-state index contributed by atoms with van der Waals surface area (Å²) in [7, 11) is 3.28. The van der Waals surface area contributed by atoms with Gasteiger partial charge in [-0.1, -0.05) is 5.16 Å². The van der Waals surface area contributed by atoms with Crippen LogP contribution in [0.5, 0.6) is 11.5 Å². The summed E-state index contributed by atoms with van der Waals surface area (Å²) in [5.41, 5.74) is 1.11. The van der Waals surface area contributed by atoms with Gasteiger partial charge < -0.3 is 14.0 Å². The van der Waals surface area contributed by atoms with Gasteiger partial charge in [0.05, 0.1) is 14.2 Å². The second-order valence-corrected chi connectivity index (χ2v) is 3.96. The number of hydrogen-bond donors (Lipinski definition) is 0. The van der Waals surface area contributed by atoms with Crippen molar-refractivity contribution < 1.29 is 14.0 Å². The molecule has 0 unspecified atom stereocenters. The summed E-state index contributed by atoms with van der Waals surface area (Å²) in [5.74, 6) is 2.87. The van der Waals surface area contributed by atoms with Crippen LogP contribution in [-0.4, -0.2) is 24.4 Å². The van der Waals surface area contributed by atoms with E-state index in [1.807, 2.05) is 25.1 Å². The molecule has 0 bridgehead atoms. The zero-order chi connectivity index (χ0) is 13.0. The second-order valence-electron chi connectivity index (χ2n) is 3.96. The first kappa shape index (κ1) is 12.4. The Morgan fingerprint density at radius 2 is 1.72 bits per heavy atom. The molecule has 0 saturated heterocycles. The van der Waals surface area contributed by atoms with Gasteiger partial charge in [0.1, 0.15) is 11.5 Å². The van der Waals surface area contributed by atoms with Crippen molar-refractivity contribution in [2.45, 2.75) is 19.8 Å². The predicted octanol–water partition coefficient (Wildman–Crippen LogP) is 2.18. The van der Waals surface area contributed by atoms with E-state index in [9.17, 15) is 0 Å². The molecule has 0 aliphatic rings. The van der Waals surface area contributed by atoms with Crippen LogP contribution >= 0.6 is 0 Å². The molecule has 0 aliphatic carbocycles. The van der Waals surface area contributed by atoms with E-state index in [1.165, 1.54) is 0 Å². The molecule has 18 heavy (non-hydrogen) atoms. The summed E-state index contributed by atoms with van der Waals surface area (Å²) in [6, 6.07) is 5.80. The fourth-order valence-electron chi connectivity index (χ4n) is 1.70. The smallest absolute Gasteiger partial charge is 0.226 e. The average molecular weight is 248 g/mol. The molecule has 0 N–H and O–H groups in total. The molecule has 1 heterocycles. The Bertz CT molecular complexity index is 500. The molecule has 0 amide bonds. The Labute approximate surface area is 106 Å². The molecule has 0 fully saturated rings. The van der Waals surface area contributed by atoms with Crippen molar-refractivity contribution in [1.29, 1.82) is 0 Å². The number of ether oxygens (including phenoxy) is 2. The molecule has 1 aromatic carbocycles. The molecule has 96 valence electrons. The molecule has 2 aromatic rings. The molecule has 0 radical (unpaired) electrons. The minimum Gasteiger partial charge on any atom is -0.497 e. The van der Waals surface area contributed by atoms with Gasteiger partial charge in [0.2, 0.25) is 5.89 Å². The van der Waals surface area contributed by atoms with Crippen molar-refractivity contribution in [2.24, 2.45) is 0 Å². The summed E-state index contributed by atoms with van der Waals surface area (Å²) in [4.78, 5) is 4.17. The highest BCUT2D eigenvalue weighted by Gasteiger charge is 2.06. The second kappa shape index (κ2) is 5.53. The summed E-state index contributed by atoms with van der Waals surface area (Å²) in [6.07, 6.45) is 1.51. The van der Waals surface area contributed by atoms with Gasteiger partial charge in [-0.15, -0.1) is 0 Å². The number of hydrogen-bond acceptors (Lipinski definition) is 5. The number of methoxy groups -OCH3 is 2. The molecule has 2 rings (SSSR count). The number of benzene rings is 1. The van der Waals surface area contributed by atoms with Crippen molar-refractivity contribution in [2.75, 3.05) is 14.2 Å². The van der Waals surface area contributed by atoms with E-state index in [0.29, 0.717) is 18.1 Å². The quantitative estimate of drug-likeness (QED) is 0.811. The van der Waals surface area contributed by atoms with Gasteiger partial charge in [-0.25, -0.2) is 0 Å². The fourth-order valence-corrected chi connectivity index (χ4v) is 1.70. The van der Waals surface area contributed by atoms with E-state index in [4.69, 9.17) is 14.0 Å². The van der Waals surface area contributed by atoms with E-state index in [0.717, 1.165) is 23.5 Å². The highest BCUT2D eigenvalue weighted by molar-refractivity contribution is 5.38. The fraction of sp³-hybridized carbons (Fsp3) is 0.385. The zero-order valence-corrected chi connectivity index (χ0v) is 10.8. The summed E-state index contributed by atoms with van der Waals surface area (Å²) >= 11 is 0. The minimum absolute atomic E-state index is 0.647. The maximum absolute atomic E-state index is 5.22. The van der Waals surface area contributed by atoms with Crippen molar-refractivity contribution in [3.8, 4) is 11.5 Å². The Balaban J connectivity index is 2.08. The van der Waals surface area contributed by atoms with Crippen LogP contribution in [-0.2, 0) is 12.8 Å². The standard InChI is InChI=1S/C13H16N2O3/c1-9-14-13(18-15-9)5-4-10-6-11(16-2)8-12(7-10)17-3/h6-8H,4-5H2,1-3H3. The van der Waals surface area contributed by atoms with Gasteiger partial charge in [0.15, 0.2) is 5.82 Å². The molecule has 5 nitrogen and oxygen atoms in total. The van der Waals surface area contributed by atoms with E-state index in [-0.39, 0.29) is 0 Å². The number of aryl methyl sites for hydroxylation is 3. The van der Waals surface area contributed by atoms with E-state index < -0.39 is 0 Å². The molecular formula is C13H16N2O3. The SMILES string of the molecule is COc1cc(CCc2nc(C)no2)cc(OC)c1. The normalized spacial score (nSPS) is 10.4. The van der Waals surface area contributed by atoms with Gasteiger partial charge in [-0.05, 0) is 31.0 Å². The Kier molecular flexibility index (Phi) is 3.82. The number of aromatic nitrogens is 2. The Morgan fingerprint density at radius 3 is 2.22 bits per heavy atom. The third-order valence-electron chi connectivity index (χ3n) is 2.61. The first-order valence-electron chi connectivity index (χ1n) is 5.72. The van der Waals surface area contributed by atoms with E-state index in [1.54, 1.807) is 14.2 Å². The third kappa shape index (κ3) is 3.00. The molecule has 1 aromatic heterocycles. The monoisotopic (exact) mass is 248 g/mol. The zero-order valence-electron chi connectivity index (χ0n) is 10.8. The summed E-state index contributed by atoms with van der Waals surface area (Å²) < 4.78 is 15.5. The first-order valence-corrected chi connectivity index (χ1v) is 5.72. The van der Waals surface area contributed by atoms with Crippen LogP contribution in [0.2, 0.25) is 0 Å². The van der Waals surface area contributed by atoms with Crippen LogP contribution < -0.4 is 9.47 Å². The maximum atomic E-state index is 5.22. The molecule has 0 atom stereocenters. The maximum Gasteiger partial charge on any atom is 0.226 e. The molecule has 0 spiro atoms. The minimum atomic E-state index is 0.647.